The number of hydrogen-bond acceptors (Lipinski definition) is 3. The zero-order valence-corrected chi connectivity index (χ0v) is 12.3. The van der Waals surface area contributed by atoms with Crippen molar-refractivity contribution < 1.29 is 14.6 Å². The maximum Gasteiger partial charge on any atom is 0.252 e. The van der Waals surface area contributed by atoms with E-state index >= 15 is 0 Å². The van der Waals surface area contributed by atoms with Gasteiger partial charge in [-0.1, -0.05) is 42.5 Å². The van der Waals surface area contributed by atoms with Crippen molar-refractivity contribution in [3.05, 3.63) is 65.7 Å². The number of carbonyl (C=O) groups excluding carboxylic acids is 1. The molecule has 0 saturated carbocycles. The minimum atomic E-state index is -0.473. The molecular formula is C18H19NO3. The minimum absolute atomic E-state index is 0.0124. The summed E-state index contributed by atoms with van der Waals surface area (Å²) < 4.78 is 5.63. The fourth-order valence-electron chi connectivity index (χ4n) is 2.69. The lowest BCUT2D eigenvalue weighted by Gasteiger charge is -2.32. The molecule has 2 aromatic carbocycles. The summed E-state index contributed by atoms with van der Waals surface area (Å²) >= 11 is 0. The van der Waals surface area contributed by atoms with Crippen LogP contribution in [-0.2, 0) is 22.5 Å². The van der Waals surface area contributed by atoms with Crippen molar-refractivity contribution in [2.45, 2.75) is 19.1 Å². The number of phenolic OH excluding ortho intramolecular Hbond substituents is 1. The highest BCUT2D eigenvalue weighted by Gasteiger charge is 2.29. The molecule has 1 N–H and O–H groups in total. The summed E-state index contributed by atoms with van der Waals surface area (Å²) in [7, 11) is 0. The third-order valence-electron chi connectivity index (χ3n) is 3.82. The molecule has 1 saturated heterocycles. The molecule has 114 valence electrons. The molecule has 0 aliphatic carbocycles. The van der Waals surface area contributed by atoms with Crippen LogP contribution < -0.4 is 0 Å². The number of rotatable bonds is 4. The number of nitrogens with zero attached hydrogens (tertiary/aromatic N) is 1. The van der Waals surface area contributed by atoms with Crippen molar-refractivity contribution in [1.29, 1.82) is 0 Å². The Morgan fingerprint density at radius 2 is 1.86 bits per heavy atom. The van der Waals surface area contributed by atoms with Crippen LogP contribution in [0.1, 0.15) is 11.1 Å². The summed E-state index contributed by atoms with van der Waals surface area (Å²) in [5.41, 5.74) is 2.02. The lowest BCUT2D eigenvalue weighted by atomic mass is 10.1. The molecule has 0 bridgehead atoms. The third kappa shape index (κ3) is 3.46. The number of carbonyl (C=O) groups is 1. The van der Waals surface area contributed by atoms with Crippen molar-refractivity contribution >= 4 is 5.91 Å². The van der Waals surface area contributed by atoms with Crippen LogP contribution in [0.25, 0.3) is 0 Å². The Hall–Kier alpha value is -2.33. The molecule has 2 aromatic rings. The predicted molar refractivity (Wildman–Crippen MR) is 83.4 cm³/mol. The molecule has 0 unspecified atom stereocenters. The fourth-order valence-corrected chi connectivity index (χ4v) is 2.69. The van der Waals surface area contributed by atoms with E-state index in [0.717, 1.165) is 11.1 Å². The number of amides is 1. The Morgan fingerprint density at radius 3 is 2.64 bits per heavy atom. The molecule has 4 heteroatoms. The third-order valence-corrected chi connectivity index (χ3v) is 3.82. The first-order valence-corrected chi connectivity index (χ1v) is 7.44. The molecule has 0 spiro atoms. The van der Waals surface area contributed by atoms with E-state index in [1.165, 1.54) is 0 Å². The van der Waals surface area contributed by atoms with Crippen LogP contribution in [0.15, 0.2) is 54.6 Å². The summed E-state index contributed by atoms with van der Waals surface area (Å²) in [5, 5.41) is 9.52. The number of hydrogen-bond donors (Lipinski definition) is 1. The van der Waals surface area contributed by atoms with E-state index in [-0.39, 0.29) is 11.7 Å². The van der Waals surface area contributed by atoms with Crippen molar-refractivity contribution in [3.8, 4) is 5.75 Å². The quantitative estimate of drug-likeness (QED) is 0.942. The number of benzene rings is 2. The Labute approximate surface area is 130 Å². The molecule has 1 atom stereocenters. The van der Waals surface area contributed by atoms with Crippen LogP contribution in [0.2, 0.25) is 0 Å². The summed E-state index contributed by atoms with van der Waals surface area (Å²) in [6, 6.07) is 16.9. The van der Waals surface area contributed by atoms with Gasteiger partial charge in [0.1, 0.15) is 11.9 Å². The lowest BCUT2D eigenvalue weighted by molar-refractivity contribution is -0.153. The summed E-state index contributed by atoms with van der Waals surface area (Å²) in [6.45, 7) is 1.77. The SMILES string of the molecule is O=C1[C@@H](Cc2cccc(O)c2)OCCN1Cc1ccccc1. The summed E-state index contributed by atoms with van der Waals surface area (Å²) in [4.78, 5) is 14.4. The van der Waals surface area contributed by atoms with E-state index < -0.39 is 6.10 Å². The molecule has 0 radical (unpaired) electrons. The molecule has 1 amide bonds. The second-order valence-corrected chi connectivity index (χ2v) is 5.48. The molecule has 3 rings (SSSR count). The average Bonchev–Trinajstić information content (AvgIpc) is 2.52. The predicted octanol–water partition coefficient (Wildman–Crippen LogP) is 2.36. The van der Waals surface area contributed by atoms with Crippen LogP contribution in [0.4, 0.5) is 0 Å². The van der Waals surface area contributed by atoms with Crippen LogP contribution in [0.3, 0.4) is 0 Å². The van der Waals surface area contributed by atoms with Crippen molar-refractivity contribution in [2.75, 3.05) is 13.2 Å². The van der Waals surface area contributed by atoms with E-state index in [9.17, 15) is 9.90 Å². The second-order valence-electron chi connectivity index (χ2n) is 5.48. The Bertz CT molecular complexity index is 642. The van der Waals surface area contributed by atoms with Gasteiger partial charge in [0.25, 0.3) is 5.91 Å². The highest BCUT2D eigenvalue weighted by atomic mass is 16.5. The molecule has 4 nitrogen and oxygen atoms in total. The zero-order chi connectivity index (χ0) is 15.4. The fraction of sp³-hybridized carbons (Fsp3) is 0.278. The van der Waals surface area contributed by atoms with Crippen molar-refractivity contribution in [1.82, 2.24) is 4.90 Å². The van der Waals surface area contributed by atoms with Gasteiger partial charge in [-0.25, -0.2) is 0 Å². The molecule has 22 heavy (non-hydrogen) atoms. The molecular weight excluding hydrogens is 278 g/mol. The monoisotopic (exact) mass is 297 g/mol. The maximum atomic E-state index is 12.6. The van der Waals surface area contributed by atoms with Crippen LogP contribution in [-0.4, -0.2) is 35.2 Å². The zero-order valence-electron chi connectivity index (χ0n) is 12.3. The normalized spacial score (nSPS) is 18.5. The van der Waals surface area contributed by atoms with Crippen LogP contribution in [0, 0.1) is 0 Å². The van der Waals surface area contributed by atoms with Crippen molar-refractivity contribution in [2.24, 2.45) is 0 Å². The summed E-state index contributed by atoms with van der Waals surface area (Å²) in [6.07, 6.45) is 0.0117. The summed E-state index contributed by atoms with van der Waals surface area (Å²) in [5.74, 6) is 0.223. The van der Waals surface area contributed by atoms with Crippen LogP contribution >= 0.6 is 0 Å². The van der Waals surface area contributed by atoms with Gasteiger partial charge >= 0.3 is 0 Å². The van der Waals surface area contributed by atoms with Gasteiger partial charge in [-0.3, -0.25) is 4.79 Å². The van der Waals surface area contributed by atoms with E-state index in [1.54, 1.807) is 18.2 Å². The largest absolute Gasteiger partial charge is 0.508 e. The van der Waals surface area contributed by atoms with E-state index in [4.69, 9.17) is 4.74 Å². The number of phenols is 1. The first-order chi connectivity index (χ1) is 10.7. The molecule has 1 aliphatic heterocycles. The van der Waals surface area contributed by atoms with Gasteiger partial charge in [0.15, 0.2) is 0 Å². The highest BCUT2D eigenvalue weighted by molar-refractivity contribution is 5.81. The highest BCUT2D eigenvalue weighted by Crippen LogP contribution is 2.18. The smallest absolute Gasteiger partial charge is 0.252 e. The Balaban J connectivity index is 1.67. The van der Waals surface area contributed by atoms with Gasteiger partial charge in [0, 0.05) is 19.5 Å². The molecule has 1 aliphatic rings. The topological polar surface area (TPSA) is 49.8 Å². The molecule has 1 fully saturated rings. The van der Waals surface area contributed by atoms with Crippen molar-refractivity contribution in [3.63, 3.8) is 0 Å². The average molecular weight is 297 g/mol. The van der Waals surface area contributed by atoms with Gasteiger partial charge in [0.05, 0.1) is 6.61 Å². The Morgan fingerprint density at radius 1 is 1.09 bits per heavy atom. The van der Waals surface area contributed by atoms with Gasteiger partial charge in [-0.2, -0.15) is 0 Å². The van der Waals surface area contributed by atoms with Crippen LogP contribution in [0.5, 0.6) is 5.75 Å². The number of aromatic hydroxyl groups is 1. The number of morpholine rings is 1. The van der Waals surface area contributed by atoms with Gasteiger partial charge in [-0.05, 0) is 23.3 Å². The van der Waals surface area contributed by atoms with E-state index in [1.807, 2.05) is 41.3 Å². The Kier molecular flexibility index (Phi) is 4.39. The maximum absolute atomic E-state index is 12.6. The van der Waals surface area contributed by atoms with E-state index in [2.05, 4.69) is 0 Å². The van der Waals surface area contributed by atoms with Gasteiger partial charge in [-0.15, -0.1) is 0 Å². The molecule has 1 heterocycles. The van der Waals surface area contributed by atoms with E-state index in [0.29, 0.717) is 26.1 Å². The molecule has 0 aromatic heterocycles. The minimum Gasteiger partial charge on any atom is -0.508 e. The standard InChI is InChI=1S/C18H19NO3/c20-16-8-4-7-15(11-16)12-17-18(21)19(9-10-22-17)13-14-5-2-1-3-6-14/h1-8,11,17,20H,9-10,12-13H2/t17-/m1/s1. The first-order valence-electron chi connectivity index (χ1n) is 7.44. The van der Waals surface area contributed by atoms with Gasteiger partial charge < -0.3 is 14.7 Å². The number of ether oxygens (including phenoxy) is 1. The second kappa shape index (κ2) is 6.62. The lowest BCUT2D eigenvalue weighted by Crippen LogP contribution is -2.48. The first kappa shape index (κ1) is 14.6. The van der Waals surface area contributed by atoms with Gasteiger partial charge in [0.2, 0.25) is 0 Å².